The van der Waals surface area contributed by atoms with Gasteiger partial charge in [-0.05, 0) is 70.4 Å². The molecule has 0 radical (unpaired) electrons. The van der Waals surface area contributed by atoms with Crippen molar-refractivity contribution < 1.29 is 14.4 Å². The zero-order valence-corrected chi connectivity index (χ0v) is 22.3. The zero-order valence-electron chi connectivity index (χ0n) is 22.3. The van der Waals surface area contributed by atoms with E-state index >= 15 is 0 Å². The van der Waals surface area contributed by atoms with Gasteiger partial charge in [0.2, 0.25) is 5.91 Å². The molecule has 2 fully saturated rings. The second-order valence-corrected chi connectivity index (χ2v) is 9.95. The van der Waals surface area contributed by atoms with Gasteiger partial charge in [-0.25, -0.2) is 4.79 Å². The van der Waals surface area contributed by atoms with Crippen LogP contribution in [0.4, 0.5) is 21.9 Å². The van der Waals surface area contributed by atoms with Crippen LogP contribution in [0.2, 0.25) is 0 Å². The van der Waals surface area contributed by atoms with Gasteiger partial charge in [0.1, 0.15) is 0 Å². The number of carbonyl (C=O) groups excluding carboxylic acids is 3. The zero-order chi connectivity index (χ0) is 26.4. The molecule has 1 saturated heterocycles. The van der Waals surface area contributed by atoms with Gasteiger partial charge >= 0.3 is 6.03 Å². The lowest BCUT2D eigenvalue weighted by Crippen LogP contribution is -2.38. The molecule has 1 aliphatic heterocycles. The highest BCUT2D eigenvalue weighted by Crippen LogP contribution is 2.30. The third-order valence-corrected chi connectivity index (χ3v) is 7.45. The van der Waals surface area contributed by atoms with Crippen molar-refractivity contribution in [3.63, 3.8) is 0 Å². The number of amides is 4. The molecule has 2 aliphatic rings. The van der Waals surface area contributed by atoms with Crippen LogP contribution in [0.1, 0.15) is 55.5 Å². The summed E-state index contributed by atoms with van der Waals surface area (Å²) < 4.78 is 0. The molecule has 0 bridgehead atoms. The summed E-state index contributed by atoms with van der Waals surface area (Å²) in [6.45, 7) is 9.73. The summed E-state index contributed by atoms with van der Waals surface area (Å²) in [6.07, 6.45) is 3.74. The molecule has 2 N–H and O–H groups in total. The van der Waals surface area contributed by atoms with E-state index in [2.05, 4.69) is 15.5 Å². The topological polar surface area (TPSA) is 85.0 Å². The van der Waals surface area contributed by atoms with Crippen molar-refractivity contribution in [1.82, 2.24) is 9.80 Å². The number of urea groups is 1. The predicted octanol–water partition coefficient (Wildman–Crippen LogP) is 4.96. The molecule has 0 unspecified atom stereocenters. The molecule has 37 heavy (non-hydrogen) atoms. The monoisotopic (exact) mass is 505 g/mol. The molecule has 8 nitrogen and oxygen atoms in total. The molecule has 4 amide bonds. The third kappa shape index (κ3) is 6.42. The van der Waals surface area contributed by atoms with E-state index in [4.69, 9.17) is 0 Å². The molecule has 8 heteroatoms. The number of nitrogens with one attached hydrogen (secondary N) is 2. The number of benzene rings is 2. The summed E-state index contributed by atoms with van der Waals surface area (Å²) in [5.41, 5.74) is 4.02. The first-order valence-electron chi connectivity index (χ1n) is 13.5. The largest absolute Gasteiger partial charge is 0.369 e. The summed E-state index contributed by atoms with van der Waals surface area (Å²) in [7, 11) is 0. The molecule has 0 spiro atoms. The Kier molecular flexibility index (Phi) is 8.69. The molecular formula is C29H39N5O3. The van der Waals surface area contributed by atoms with Crippen molar-refractivity contribution in [2.75, 3.05) is 54.8 Å². The lowest BCUT2D eigenvalue weighted by Gasteiger charge is -2.29. The van der Waals surface area contributed by atoms with Crippen LogP contribution in [0.3, 0.4) is 0 Å². The van der Waals surface area contributed by atoms with Gasteiger partial charge in [0.05, 0.1) is 5.56 Å². The van der Waals surface area contributed by atoms with Crippen LogP contribution >= 0.6 is 0 Å². The van der Waals surface area contributed by atoms with Crippen molar-refractivity contribution in [3.8, 4) is 0 Å². The number of carbonyl (C=O) groups is 3. The maximum absolute atomic E-state index is 13.5. The number of rotatable bonds is 7. The number of aryl methyl sites for hydroxylation is 1. The van der Waals surface area contributed by atoms with Gasteiger partial charge in [0.15, 0.2) is 0 Å². The summed E-state index contributed by atoms with van der Waals surface area (Å²) in [5, 5.41) is 6.01. The van der Waals surface area contributed by atoms with Gasteiger partial charge in [-0.1, -0.05) is 24.1 Å². The molecule has 1 aliphatic carbocycles. The van der Waals surface area contributed by atoms with E-state index in [1.165, 1.54) is 0 Å². The Balaban J connectivity index is 1.50. The summed E-state index contributed by atoms with van der Waals surface area (Å²) in [5.74, 6) is 0.0625. The van der Waals surface area contributed by atoms with Crippen LogP contribution in [-0.4, -0.2) is 66.9 Å². The van der Waals surface area contributed by atoms with Crippen molar-refractivity contribution in [1.29, 1.82) is 0 Å². The SMILES string of the molecule is CCN(CC)C(=O)c1cc(NC(=O)C2CCC2)ccc1N1CCCN(C(=O)Nc2ccc(C)cc2)CC1. The molecule has 0 atom stereocenters. The smallest absolute Gasteiger partial charge is 0.321 e. The van der Waals surface area contributed by atoms with E-state index in [9.17, 15) is 14.4 Å². The molecule has 0 aromatic heterocycles. The maximum atomic E-state index is 13.5. The molecule has 4 rings (SSSR count). The Labute approximate surface area is 220 Å². The molecular weight excluding hydrogens is 466 g/mol. The second-order valence-electron chi connectivity index (χ2n) is 9.95. The van der Waals surface area contributed by atoms with Gasteiger partial charge in [0.25, 0.3) is 5.91 Å². The number of hydrogen-bond donors (Lipinski definition) is 2. The normalized spacial score (nSPS) is 16.0. The Morgan fingerprint density at radius 3 is 2.22 bits per heavy atom. The fourth-order valence-corrected chi connectivity index (χ4v) is 4.86. The average molecular weight is 506 g/mol. The number of nitrogens with zero attached hydrogens (tertiary/aromatic N) is 3. The van der Waals surface area contributed by atoms with Crippen LogP contribution in [-0.2, 0) is 4.79 Å². The maximum Gasteiger partial charge on any atom is 0.321 e. The van der Waals surface area contributed by atoms with Crippen LogP contribution in [0.15, 0.2) is 42.5 Å². The lowest BCUT2D eigenvalue weighted by molar-refractivity contribution is -0.122. The van der Waals surface area contributed by atoms with Crippen LogP contribution in [0.5, 0.6) is 0 Å². The fourth-order valence-electron chi connectivity index (χ4n) is 4.86. The van der Waals surface area contributed by atoms with Crippen molar-refractivity contribution in [3.05, 3.63) is 53.6 Å². The van der Waals surface area contributed by atoms with Crippen LogP contribution < -0.4 is 15.5 Å². The standard InChI is InChI=1S/C29H39N5O3/c1-4-32(5-2)28(36)25-20-24(30-27(35)22-8-6-9-22)14-15-26(25)33-16-7-17-34(19-18-33)29(37)31-23-12-10-21(3)11-13-23/h10-15,20,22H,4-9,16-19H2,1-3H3,(H,30,35)(H,31,37). The van der Waals surface area contributed by atoms with Gasteiger partial charge in [-0.3, -0.25) is 9.59 Å². The predicted molar refractivity (Wildman–Crippen MR) is 148 cm³/mol. The van der Waals surface area contributed by atoms with E-state index in [1.54, 1.807) is 4.90 Å². The summed E-state index contributed by atoms with van der Waals surface area (Å²) in [4.78, 5) is 44.8. The van der Waals surface area contributed by atoms with Crippen molar-refractivity contribution >= 4 is 34.9 Å². The minimum atomic E-state index is -0.112. The van der Waals surface area contributed by atoms with Crippen LogP contribution in [0, 0.1) is 12.8 Å². The van der Waals surface area contributed by atoms with E-state index in [0.29, 0.717) is 44.0 Å². The molecule has 1 heterocycles. The minimum absolute atomic E-state index is 0.0326. The van der Waals surface area contributed by atoms with E-state index < -0.39 is 0 Å². The average Bonchev–Trinajstić information content (AvgIpc) is 3.11. The van der Waals surface area contributed by atoms with E-state index in [-0.39, 0.29) is 23.8 Å². The highest BCUT2D eigenvalue weighted by atomic mass is 16.2. The number of anilines is 3. The highest BCUT2D eigenvalue weighted by molar-refractivity contribution is 6.02. The third-order valence-electron chi connectivity index (χ3n) is 7.45. The van der Waals surface area contributed by atoms with E-state index in [0.717, 1.165) is 49.2 Å². The fraction of sp³-hybridized carbons (Fsp3) is 0.483. The van der Waals surface area contributed by atoms with Crippen molar-refractivity contribution in [2.45, 2.75) is 46.5 Å². The molecule has 2 aromatic rings. The quantitative estimate of drug-likeness (QED) is 0.557. The van der Waals surface area contributed by atoms with Crippen molar-refractivity contribution in [2.24, 2.45) is 5.92 Å². The first-order valence-corrected chi connectivity index (χ1v) is 13.5. The summed E-state index contributed by atoms with van der Waals surface area (Å²) in [6, 6.07) is 13.3. The van der Waals surface area contributed by atoms with Gasteiger partial charge in [-0.2, -0.15) is 0 Å². The summed E-state index contributed by atoms with van der Waals surface area (Å²) >= 11 is 0. The number of hydrogen-bond acceptors (Lipinski definition) is 4. The minimum Gasteiger partial charge on any atom is -0.369 e. The second kappa shape index (κ2) is 12.1. The Morgan fingerprint density at radius 2 is 1.57 bits per heavy atom. The van der Waals surface area contributed by atoms with Gasteiger partial charge in [-0.15, -0.1) is 0 Å². The lowest BCUT2D eigenvalue weighted by atomic mass is 9.85. The molecule has 1 saturated carbocycles. The van der Waals surface area contributed by atoms with Crippen LogP contribution in [0.25, 0.3) is 0 Å². The van der Waals surface area contributed by atoms with Gasteiger partial charge in [0, 0.05) is 62.2 Å². The highest BCUT2D eigenvalue weighted by Gasteiger charge is 2.27. The molecule has 198 valence electrons. The first-order chi connectivity index (χ1) is 17.9. The van der Waals surface area contributed by atoms with Gasteiger partial charge < -0.3 is 25.3 Å². The molecule has 2 aromatic carbocycles. The Hall–Kier alpha value is -3.55. The Morgan fingerprint density at radius 1 is 0.865 bits per heavy atom. The first kappa shape index (κ1) is 26.5. The Bertz CT molecular complexity index is 1110. The van der Waals surface area contributed by atoms with E-state index in [1.807, 2.05) is 68.1 Å².